The SMILES string of the molecule is COc1c(Br)cc(Br)cc1-c1nc(N)n[nH]1. The average Bonchev–Trinajstić information content (AvgIpc) is 2.63. The van der Waals surface area contributed by atoms with Crippen LogP contribution in [0.15, 0.2) is 21.1 Å². The third kappa shape index (κ3) is 2.05. The van der Waals surface area contributed by atoms with Crippen molar-refractivity contribution in [1.82, 2.24) is 15.2 Å². The summed E-state index contributed by atoms with van der Waals surface area (Å²) >= 11 is 6.82. The van der Waals surface area contributed by atoms with Crippen LogP contribution in [-0.2, 0) is 0 Å². The zero-order valence-corrected chi connectivity index (χ0v) is 11.5. The zero-order chi connectivity index (χ0) is 11.7. The van der Waals surface area contributed by atoms with E-state index >= 15 is 0 Å². The van der Waals surface area contributed by atoms with Crippen LogP contribution >= 0.6 is 31.9 Å². The van der Waals surface area contributed by atoms with Crippen LogP contribution in [0.2, 0.25) is 0 Å². The van der Waals surface area contributed by atoms with Crippen molar-refractivity contribution in [1.29, 1.82) is 0 Å². The monoisotopic (exact) mass is 346 g/mol. The first-order valence-electron chi connectivity index (χ1n) is 4.33. The van der Waals surface area contributed by atoms with Crippen LogP contribution in [0.5, 0.6) is 5.75 Å². The van der Waals surface area contributed by atoms with Crippen LogP contribution in [0.4, 0.5) is 5.95 Å². The van der Waals surface area contributed by atoms with E-state index in [1.54, 1.807) is 7.11 Å². The van der Waals surface area contributed by atoms with Crippen LogP contribution in [-0.4, -0.2) is 22.3 Å². The number of halogens is 2. The quantitative estimate of drug-likeness (QED) is 0.875. The van der Waals surface area contributed by atoms with E-state index in [4.69, 9.17) is 10.5 Å². The summed E-state index contributed by atoms with van der Waals surface area (Å²) in [5, 5.41) is 6.53. The highest BCUT2D eigenvalue weighted by Crippen LogP contribution is 2.37. The van der Waals surface area contributed by atoms with Gasteiger partial charge in [-0.15, -0.1) is 5.10 Å². The lowest BCUT2D eigenvalue weighted by atomic mass is 10.2. The van der Waals surface area contributed by atoms with E-state index in [0.29, 0.717) is 11.6 Å². The smallest absolute Gasteiger partial charge is 0.239 e. The number of nitrogens with zero attached hydrogens (tertiary/aromatic N) is 2. The largest absolute Gasteiger partial charge is 0.495 e. The molecule has 1 aromatic carbocycles. The molecular formula is C9H8Br2N4O. The molecule has 1 heterocycles. The second-order valence-electron chi connectivity index (χ2n) is 3.01. The van der Waals surface area contributed by atoms with Crippen LogP contribution in [0.1, 0.15) is 0 Å². The van der Waals surface area contributed by atoms with E-state index in [0.717, 1.165) is 14.5 Å². The Morgan fingerprint density at radius 2 is 2.12 bits per heavy atom. The van der Waals surface area contributed by atoms with Crippen LogP contribution in [0, 0.1) is 0 Å². The number of benzene rings is 1. The third-order valence-electron chi connectivity index (χ3n) is 1.97. The van der Waals surface area contributed by atoms with Gasteiger partial charge in [0, 0.05) is 4.47 Å². The molecule has 0 aliphatic rings. The van der Waals surface area contributed by atoms with E-state index in [9.17, 15) is 0 Å². The molecule has 0 radical (unpaired) electrons. The minimum atomic E-state index is 0.202. The molecule has 16 heavy (non-hydrogen) atoms. The van der Waals surface area contributed by atoms with Gasteiger partial charge in [0.1, 0.15) is 5.75 Å². The summed E-state index contributed by atoms with van der Waals surface area (Å²) in [7, 11) is 1.59. The standard InChI is InChI=1S/C9H8Br2N4O/c1-16-7-5(2-4(10)3-6(7)11)8-13-9(12)15-14-8/h2-3H,1H3,(H3,12,13,14,15). The lowest BCUT2D eigenvalue weighted by Gasteiger charge is -2.08. The number of rotatable bonds is 2. The van der Waals surface area contributed by atoms with Crippen molar-refractivity contribution >= 4 is 37.8 Å². The Balaban J connectivity index is 2.63. The fraction of sp³-hybridized carbons (Fsp3) is 0.111. The van der Waals surface area contributed by atoms with E-state index in [-0.39, 0.29) is 5.95 Å². The first-order chi connectivity index (χ1) is 7.61. The molecule has 0 atom stereocenters. The topological polar surface area (TPSA) is 76.8 Å². The fourth-order valence-electron chi connectivity index (χ4n) is 1.34. The predicted molar refractivity (Wildman–Crippen MR) is 68.2 cm³/mol. The second kappa shape index (κ2) is 4.42. The van der Waals surface area contributed by atoms with E-state index in [2.05, 4.69) is 47.0 Å². The fourth-order valence-corrected chi connectivity index (χ4v) is 2.73. The molecule has 0 spiro atoms. The number of nitrogens with two attached hydrogens (primary N) is 1. The van der Waals surface area contributed by atoms with Crippen molar-refractivity contribution in [3.63, 3.8) is 0 Å². The molecule has 7 heteroatoms. The molecule has 0 saturated heterocycles. The average molecular weight is 348 g/mol. The van der Waals surface area contributed by atoms with Crippen molar-refractivity contribution in [2.24, 2.45) is 0 Å². The van der Waals surface area contributed by atoms with Gasteiger partial charge in [-0.3, -0.25) is 5.10 Å². The van der Waals surface area contributed by atoms with E-state index in [1.165, 1.54) is 0 Å². The molecular weight excluding hydrogens is 340 g/mol. The molecule has 0 fully saturated rings. The predicted octanol–water partition coefficient (Wildman–Crippen LogP) is 2.59. The number of methoxy groups -OCH3 is 1. The van der Waals surface area contributed by atoms with Gasteiger partial charge >= 0.3 is 0 Å². The second-order valence-corrected chi connectivity index (χ2v) is 4.78. The molecule has 1 aromatic heterocycles. The number of nitrogen functional groups attached to an aromatic ring is 1. The molecule has 2 rings (SSSR count). The Morgan fingerprint density at radius 3 is 2.69 bits per heavy atom. The van der Waals surface area contributed by atoms with Crippen molar-refractivity contribution in [2.75, 3.05) is 12.8 Å². The van der Waals surface area contributed by atoms with E-state index in [1.807, 2.05) is 12.1 Å². The van der Waals surface area contributed by atoms with Crippen molar-refractivity contribution in [3.05, 3.63) is 21.1 Å². The highest BCUT2D eigenvalue weighted by atomic mass is 79.9. The van der Waals surface area contributed by atoms with Gasteiger partial charge in [0.15, 0.2) is 5.82 Å². The highest BCUT2D eigenvalue weighted by molar-refractivity contribution is 9.11. The lowest BCUT2D eigenvalue weighted by Crippen LogP contribution is -1.91. The normalized spacial score (nSPS) is 10.4. The maximum Gasteiger partial charge on any atom is 0.239 e. The number of aromatic nitrogens is 3. The van der Waals surface area contributed by atoms with Gasteiger partial charge in [-0.2, -0.15) is 4.98 Å². The van der Waals surface area contributed by atoms with Crippen molar-refractivity contribution < 1.29 is 4.74 Å². The van der Waals surface area contributed by atoms with Gasteiger partial charge in [0.2, 0.25) is 5.95 Å². The number of ether oxygens (including phenoxy) is 1. The summed E-state index contributed by atoms with van der Waals surface area (Å²) in [5.74, 6) is 1.45. The summed E-state index contributed by atoms with van der Waals surface area (Å²) in [6, 6.07) is 3.77. The minimum Gasteiger partial charge on any atom is -0.495 e. The van der Waals surface area contributed by atoms with Crippen molar-refractivity contribution in [3.8, 4) is 17.1 Å². The third-order valence-corrected chi connectivity index (χ3v) is 3.02. The minimum absolute atomic E-state index is 0.202. The lowest BCUT2D eigenvalue weighted by molar-refractivity contribution is 0.413. The van der Waals surface area contributed by atoms with Crippen LogP contribution in [0.3, 0.4) is 0 Å². The number of aromatic amines is 1. The summed E-state index contributed by atoms with van der Waals surface area (Å²) < 4.78 is 7.03. The zero-order valence-electron chi connectivity index (χ0n) is 8.29. The molecule has 3 N–H and O–H groups in total. The molecule has 5 nitrogen and oxygen atoms in total. The van der Waals surface area contributed by atoms with Crippen LogP contribution in [0.25, 0.3) is 11.4 Å². The van der Waals surface area contributed by atoms with Crippen molar-refractivity contribution in [2.45, 2.75) is 0 Å². The Kier molecular flexibility index (Phi) is 3.15. The Labute approximate surface area is 109 Å². The Morgan fingerprint density at radius 1 is 1.38 bits per heavy atom. The Hall–Kier alpha value is -1.08. The summed E-state index contributed by atoms with van der Waals surface area (Å²) in [6.45, 7) is 0. The highest BCUT2D eigenvalue weighted by Gasteiger charge is 2.14. The molecule has 2 aromatic rings. The van der Waals surface area contributed by atoms with Gasteiger partial charge < -0.3 is 10.5 Å². The number of anilines is 1. The molecule has 0 unspecified atom stereocenters. The molecule has 0 bridgehead atoms. The Bertz CT molecular complexity index is 526. The summed E-state index contributed by atoms with van der Waals surface area (Å²) in [5.41, 5.74) is 6.25. The van der Waals surface area contributed by atoms with Gasteiger partial charge in [0.05, 0.1) is 17.1 Å². The molecule has 84 valence electrons. The number of nitrogens with one attached hydrogen (secondary N) is 1. The van der Waals surface area contributed by atoms with Gasteiger partial charge in [0.25, 0.3) is 0 Å². The maximum absolute atomic E-state index is 5.47. The summed E-state index contributed by atoms with van der Waals surface area (Å²) in [4.78, 5) is 4.06. The van der Waals surface area contributed by atoms with Gasteiger partial charge in [-0.1, -0.05) is 15.9 Å². The number of H-pyrrole nitrogens is 1. The molecule has 0 aliphatic carbocycles. The molecule has 0 amide bonds. The molecule has 0 saturated carbocycles. The first kappa shape index (κ1) is 11.4. The number of hydrogen-bond donors (Lipinski definition) is 2. The van der Waals surface area contributed by atoms with Crippen LogP contribution < -0.4 is 10.5 Å². The summed E-state index contributed by atoms with van der Waals surface area (Å²) in [6.07, 6.45) is 0. The number of hydrogen-bond acceptors (Lipinski definition) is 4. The van der Waals surface area contributed by atoms with Gasteiger partial charge in [-0.25, -0.2) is 0 Å². The van der Waals surface area contributed by atoms with E-state index < -0.39 is 0 Å². The maximum atomic E-state index is 5.47. The molecule has 0 aliphatic heterocycles. The van der Waals surface area contributed by atoms with Gasteiger partial charge in [-0.05, 0) is 28.1 Å². The first-order valence-corrected chi connectivity index (χ1v) is 5.91.